The number of nitrogens with one attached hydrogen (secondary N) is 1. The molecular weight excluding hydrogens is 180 g/mol. The topological polar surface area (TPSA) is 24.9 Å². The highest BCUT2D eigenvalue weighted by Gasteiger charge is 2.02. The van der Waals surface area contributed by atoms with Gasteiger partial charge >= 0.3 is 0 Å². The van der Waals surface area contributed by atoms with Gasteiger partial charge in [0.2, 0.25) is 0 Å². The van der Waals surface area contributed by atoms with Crippen LogP contribution in [0.1, 0.15) is 12.5 Å². The SMILES string of the molecule is CCNc1nc2ccsc2cc1C. The van der Waals surface area contributed by atoms with E-state index in [2.05, 4.69) is 41.7 Å². The molecule has 2 aromatic rings. The van der Waals surface area contributed by atoms with E-state index < -0.39 is 0 Å². The lowest BCUT2D eigenvalue weighted by molar-refractivity contribution is 1.16. The maximum atomic E-state index is 4.52. The van der Waals surface area contributed by atoms with Gasteiger partial charge in [0.05, 0.1) is 10.2 Å². The molecule has 1 N–H and O–H groups in total. The molecular formula is C10H12N2S. The smallest absolute Gasteiger partial charge is 0.129 e. The fourth-order valence-electron chi connectivity index (χ4n) is 1.33. The first-order valence-electron chi connectivity index (χ1n) is 4.40. The third-order valence-electron chi connectivity index (χ3n) is 1.97. The first-order valence-corrected chi connectivity index (χ1v) is 5.28. The number of anilines is 1. The molecule has 0 aromatic carbocycles. The lowest BCUT2D eigenvalue weighted by Gasteiger charge is -2.05. The fourth-order valence-corrected chi connectivity index (χ4v) is 2.16. The summed E-state index contributed by atoms with van der Waals surface area (Å²) in [4.78, 5) is 4.52. The van der Waals surface area contributed by atoms with Crippen molar-refractivity contribution in [2.75, 3.05) is 11.9 Å². The maximum absolute atomic E-state index is 4.52. The van der Waals surface area contributed by atoms with Crippen LogP contribution in [0.4, 0.5) is 5.82 Å². The molecule has 2 heterocycles. The van der Waals surface area contributed by atoms with Crippen LogP contribution in [0.25, 0.3) is 10.2 Å². The van der Waals surface area contributed by atoms with Gasteiger partial charge in [0.1, 0.15) is 5.82 Å². The lowest BCUT2D eigenvalue weighted by atomic mass is 10.2. The molecule has 0 saturated carbocycles. The zero-order valence-corrected chi connectivity index (χ0v) is 8.61. The molecule has 0 unspecified atom stereocenters. The Balaban J connectivity index is 2.56. The quantitative estimate of drug-likeness (QED) is 0.791. The highest BCUT2D eigenvalue weighted by Crippen LogP contribution is 2.23. The van der Waals surface area contributed by atoms with Crippen molar-refractivity contribution in [1.29, 1.82) is 0 Å². The van der Waals surface area contributed by atoms with Crippen LogP contribution in [0.2, 0.25) is 0 Å². The van der Waals surface area contributed by atoms with Crippen molar-refractivity contribution in [1.82, 2.24) is 4.98 Å². The summed E-state index contributed by atoms with van der Waals surface area (Å²) in [6.45, 7) is 5.09. The number of hydrogen-bond acceptors (Lipinski definition) is 3. The van der Waals surface area contributed by atoms with Gasteiger partial charge in [0.25, 0.3) is 0 Å². The largest absolute Gasteiger partial charge is 0.370 e. The minimum absolute atomic E-state index is 0.920. The summed E-state index contributed by atoms with van der Waals surface area (Å²) < 4.78 is 1.26. The zero-order chi connectivity index (χ0) is 9.26. The van der Waals surface area contributed by atoms with Crippen LogP contribution in [0.15, 0.2) is 17.5 Å². The molecule has 0 radical (unpaired) electrons. The number of thiophene rings is 1. The molecule has 68 valence electrons. The monoisotopic (exact) mass is 192 g/mol. The first-order chi connectivity index (χ1) is 6.31. The highest BCUT2D eigenvalue weighted by atomic mass is 32.1. The Morgan fingerprint density at radius 1 is 1.54 bits per heavy atom. The predicted molar refractivity (Wildman–Crippen MR) is 58.5 cm³/mol. The van der Waals surface area contributed by atoms with E-state index in [0.29, 0.717) is 0 Å². The van der Waals surface area contributed by atoms with Crippen molar-refractivity contribution in [3.05, 3.63) is 23.1 Å². The Morgan fingerprint density at radius 2 is 2.38 bits per heavy atom. The third kappa shape index (κ3) is 1.52. The van der Waals surface area contributed by atoms with Gasteiger partial charge in [-0.3, -0.25) is 0 Å². The third-order valence-corrected chi connectivity index (χ3v) is 2.82. The van der Waals surface area contributed by atoms with E-state index in [0.717, 1.165) is 17.9 Å². The predicted octanol–water partition coefficient (Wildman–Crippen LogP) is 3.04. The molecule has 0 amide bonds. The second kappa shape index (κ2) is 3.34. The van der Waals surface area contributed by atoms with Gasteiger partial charge in [-0.2, -0.15) is 0 Å². The summed E-state index contributed by atoms with van der Waals surface area (Å²) in [6.07, 6.45) is 0. The van der Waals surface area contributed by atoms with Crippen molar-refractivity contribution in [2.45, 2.75) is 13.8 Å². The Labute approximate surface area is 81.6 Å². The van der Waals surface area contributed by atoms with Crippen LogP contribution in [0.3, 0.4) is 0 Å². The second-order valence-electron chi connectivity index (χ2n) is 2.99. The summed E-state index contributed by atoms with van der Waals surface area (Å²) in [7, 11) is 0. The van der Waals surface area contributed by atoms with Crippen LogP contribution in [0.5, 0.6) is 0 Å². The van der Waals surface area contributed by atoms with Crippen molar-refractivity contribution in [3.8, 4) is 0 Å². The zero-order valence-electron chi connectivity index (χ0n) is 7.79. The molecule has 0 saturated heterocycles. The normalized spacial score (nSPS) is 10.6. The highest BCUT2D eigenvalue weighted by molar-refractivity contribution is 7.17. The summed E-state index contributed by atoms with van der Waals surface area (Å²) in [5.41, 5.74) is 2.31. The van der Waals surface area contributed by atoms with Gasteiger partial charge in [-0.25, -0.2) is 4.98 Å². The Hall–Kier alpha value is -1.09. The molecule has 0 spiro atoms. The van der Waals surface area contributed by atoms with E-state index in [-0.39, 0.29) is 0 Å². The maximum Gasteiger partial charge on any atom is 0.129 e. The molecule has 2 nitrogen and oxygen atoms in total. The van der Waals surface area contributed by atoms with Gasteiger partial charge in [-0.1, -0.05) is 0 Å². The van der Waals surface area contributed by atoms with Crippen LogP contribution >= 0.6 is 11.3 Å². The van der Waals surface area contributed by atoms with Crippen molar-refractivity contribution in [2.24, 2.45) is 0 Å². The number of aryl methyl sites for hydroxylation is 1. The minimum atomic E-state index is 0.920. The second-order valence-corrected chi connectivity index (χ2v) is 3.94. The van der Waals surface area contributed by atoms with Crippen LogP contribution < -0.4 is 5.32 Å². The number of rotatable bonds is 2. The van der Waals surface area contributed by atoms with Crippen LogP contribution in [-0.4, -0.2) is 11.5 Å². The average Bonchev–Trinajstić information content (AvgIpc) is 2.52. The van der Waals surface area contributed by atoms with Gasteiger partial charge in [-0.05, 0) is 36.9 Å². The molecule has 3 heteroatoms. The van der Waals surface area contributed by atoms with E-state index in [9.17, 15) is 0 Å². The number of hydrogen-bond donors (Lipinski definition) is 1. The minimum Gasteiger partial charge on any atom is -0.370 e. The van der Waals surface area contributed by atoms with E-state index >= 15 is 0 Å². The summed E-state index contributed by atoms with van der Waals surface area (Å²) in [5, 5.41) is 5.33. The number of fused-ring (bicyclic) bond motifs is 1. The van der Waals surface area contributed by atoms with Gasteiger partial charge in [-0.15, -0.1) is 11.3 Å². The van der Waals surface area contributed by atoms with Gasteiger partial charge < -0.3 is 5.32 Å². The van der Waals surface area contributed by atoms with E-state index in [1.807, 2.05) is 0 Å². The van der Waals surface area contributed by atoms with Crippen molar-refractivity contribution in [3.63, 3.8) is 0 Å². The van der Waals surface area contributed by atoms with Gasteiger partial charge in [0, 0.05) is 6.54 Å². The number of nitrogens with zero attached hydrogens (tertiary/aromatic N) is 1. The van der Waals surface area contributed by atoms with E-state index in [1.54, 1.807) is 11.3 Å². The molecule has 0 bridgehead atoms. The first kappa shape index (κ1) is 8.51. The fraction of sp³-hybridized carbons (Fsp3) is 0.300. The standard InChI is InChI=1S/C10H12N2S/c1-3-11-10-7(2)6-9-8(12-10)4-5-13-9/h4-6H,3H2,1-2H3,(H,11,12). The van der Waals surface area contributed by atoms with E-state index in [4.69, 9.17) is 0 Å². The van der Waals surface area contributed by atoms with Crippen molar-refractivity contribution < 1.29 is 0 Å². The Morgan fingerprint density at radius 3 is 3.15 bits per heavy atom. The van der Waals surface area contributed by atoms with E-state index in [1.165, 1.54) is 10.3 Å². The van der Waals surface area contributed by atoms with Gasteiger partial charge in [0.15, 0.2) is 0 Å². The van der Waals surface area contributed by atoms with Crippen LogP contribution in [-0.2, 0) is 0 Å². The molecule has 2 aromatic heterocycles. The molecule has 0 aliphatic rings. The summed E-state index contributed by atoms with van der Waals surface area (Å²) in [6, 6.07) is 4.24. The molecule has 0 aliphatic carbocycles. The molecule has 0 fully saturated rings. The van der Waals surface area contributed by atoms with Crippen molar-refractivity contribution >= 4 is 27.4 Å². The van der Waals surface area contributed by atoms with Crippen LogP contribution in [0, 0.1) is 6.92 Å². The molecule has 13 heavy (non-hydrogen) atoms. The molecule has 0 aliphatic heterocycles. The average molecular weight is 192 g/mol. The molecule has 2 rings (SSSR count). The number of aromatic nitrogens is 1. The lowest BCUT2D eigenvalue weighted by Crippen LogP contribution is -2.00. The Kier molecular flexibility index (Phi) is 2.19. The molecule has 0 atom stereocenters. The summed E-state index contributed by atoms with van der Waals surface area (Å²) in [5.74, 6) is 1.01. The summed E-state index contributed by atoms with van der Waals surface area (Å²) >= 11 is 1.74. The Bertz CT molecular complexity index is 420. The number of pyridine rings is 1.